The summed E-state index contributed by atoms with van der Waals surface area (Å²) in [5.41, 5.74) is -1.12. The van der Waals surface area contributed by atoms with E-state index in [4.69, 9.17) is 5.11 Å². The van der Waals surface area contributed by atoms with Gasteiger partial charge in [-0.25, -0.2) is 17.9 Å². The lowest BCUT2D eigenvalue weighted by Crippen LogP contribution is -2.40. The smallest absolute Gasteiger partial charge is 0.335 e. The maximum absolute atomic E-state index is 12.3. The van der Waals surface area contributed by atoms with Crippen LogP contribution in [0.1, 0.15) is 36.0 Å². The van der Waals surface area contributed by atoms with Crippen LogP contribution in [0.3, 0.4) is 0 Å². The first-order chi connectivity index (χ1) is 9.73. The van der Waals surface area contributed by atoms with Crippen molar-refractivity contribution in [1.29, 1.82) is 0 Å². The highest BCUT2D eigenvalue weighted by Crippen LogP contribution is 2.29. The molecule has 8 heteroatoms. The van der Waals surface area contributed by atoms with E-state index in [2.05, 4.69) is 20.7 Å². The van der Waals surface area contributed by atoms with Gasteiger partial charge in [-0.1, -0.05) is 12.8 Å². The van der Waals surface area contributed by atoms with Crippen molar-refractivity contribution in [2.45, 2.75) is 36.2 Å². The number of benzene rings is 1. The third-order valence-electron chi connectivity index (χ3n) is 3.59. The number of sulfonamides is 1. The fraction of sp³-hybridized carbons (Fsp3) is 0.462. The van der Waals surface area contributed by atoms with Gasteiger partial charge in [0.2, 0.25) is 10.0 Å². The largest absolute Gasteiger partial charge is 0.478 e. The molecule has 0 aromatic heterocycles. The van der Waals surface area contributed by atoms with Crippen molar-refractivity contribution in [2.75, 3.05) is 6.54 Å². The zero-order valence-corrected chi connectivity index (χ0v) is 13.6. The number of hydrogen-bond donors (Lipinski definition) is 3. The van der Waals surface area contributed by atoms with Crippen LogP contribution in [0.25, 0.3) is 0 Å². The molecule has 0 atom stereocenters. The molecule has 0 spiro atoms. The lowest BCUT2D eigenvalue weighted by Gasteiger charge is -2.22. The molecule has 0 heterocycles. The highest BCUT2D eigenvalue weighted by molar-refractivity contribution is 9.10. The number of carboxylic acid groups (broad SMARTS) is 1. The van der Waals surface area contributed by atoms with Crippen molar-refractivity contribution < 1.29 is 23.4 Å². The number of aliphatic hydroxyl groups is 1. The number of carboxylic acids is 1. The molecular formula is C13H16BrNO5S. The Bertz CT molecular complexity index is 653. The third-order valence-corrected chi connectivity index (χ3v) is 5.99. The predicted octanol–water partition coefficient (Wildman–Crippen LogP) is 1.73. The van der Waals surface area contributed by atoms with Crippen LogP contribution in [0.15, 0.2) is 27.6 Å². The summed E-state index contributed by atoms with van der Waals surface area (Å²) in [7, 11) is -3.89. The van der Waals surface area contributed by atoms with E-state index >= 15 is 0 Å². The predicted molar refractivity (Wildman–Crippen MR) is 79.7 cm³/mol. The van der Waals surface area contributed by atoms with Gasteiger partial charge < -0.3 is 10.2 Å². The van der Waals surface area contributed by atoms with Crippen molar-refractivity contribution in [3.63, 3.8) is 0 Å². The van der Waals surface area contributed by atoms with Crippen LogP contribution in [0.4, 0.5) is 0 Å². The minimum absolute atomic E-state index is 0.0704. The number of aromatic carboxylic acids is 1. The highest BCUT2D eigenvalue weighted by atomic mass is 79.9. The summed E-state index contributed by atoms with van der Waals surface area (Å²) < 4.78 is 27.2. The van der Waals surface area contributed by atoms with Gasteiger partial charge in [0.25, 0.3) is 0 Å². The molecule has 0 unspecified atom stereocenters. The van der Waals surface area contributed by atoms with Crippen LogP contribution in [0.5, 0.6) is 0 Å². The summed E-state index contributed by atoms with van der Waals surface area (Å²) in [5, 5.41) is 19.1. The van der Waals surface area contributed by atoms with E-state index in [9.17, 15) is 18.3 Å². The summed E-state index contributed by atoms with van der Waals surface area (Å²) in [4.78, 5) is 10.8. The van der Waals surface area contributed by atoms with Gasteiger partial charge in [-0.15, -0.1) is 0 Å². The first kappa shape index (κ1) is 16.4. The van der Waals surface area contributed by atoms with Crippen molar-refractivity contribution in [3.05, 3.63) is 28.2 Å². The van der Waals surface area contributed by atoms with Gasteiger partial charge in [0.15, 0.2) is 0 Å². The monoisotopic (exact) mass is 377 g/mol. The minimum Gasteiger partial charge on any atom is -0.478 e. The number of halogens is 1. The van der Waals surface area contributed by atoms with E-state index in [1.54, 1.807) is 0 Å². The summed E-state index contributed by atoms with van der Waals surface area (Å²) in [5.74, 6) is -1.20. The number of carbonyl (C=O) groups is 1. The first-order valence-electron chi connectivity index (χ1n) is 6.48. The minimum atomic E-state index is -3.89. The SMILES string of the molecule is O=C(O)c1ccc(Br)c(S(=O)(=O)NCC2(O)CCCC2)c1. The van der Waals surface area contributed by atoms with Crippen LogP contribution in [-0.2, 0) is 10.0 Å². The van der Waals surface area contributed by atoms with Crippen LogP contribution in [0.2, 0.25) is 0 Å². The standard InChI is InChI=1S/C13H16BrNO5S/c14-10-4-3-9(12(16)17)7-11(10)21(19,20)15-8-13(18)5-1-2-6-13/h3-4,7,15,18H,1-2,5-6,8H2,(H,16,17). The molecular weight excluding hydrogens is 362 g/mol. The Balaban J connectivity index is 2.23. The molecule has 2 rings (SSSR count). The molecule has 116 valence electrons. The van der Waals surface area contributed by atoms with E-state index in [-0.39, 0.29) is 21.5 Å². The summed E-state index contributed by atoms with van der Waals surface area (Å²) in [6.45, 7) is -0.0704. The lowest BCUT2D eigenvalue weighted by atomic mass is 10.0. The van der Waals surface area contributed by atoms with Gasteiger partial charge in [-0.2, -0.15) is 0 Å². The Labute approximate surface area is 131 Å². The zero-order valence-electron chi connectivity index (χ0n) is 11.2. The Hall–Kier alpha value is -0.960. The summed E-state index contributed by atoms with van der Waals surface area (Å²) in [6.07, 6.45) is 2.87. The molecule has 1 saturated carbocycles. The molecule has 1 aliphatic carbocycles. The van der Waals surface area contributed by atoms with Gasteiger partial charge in [0.05, 0.1) is 16.1 Å². The number of rotatable bonds is 5. The van der Waals surface area contributed by atoms with E-state index in [1.807, 2.05) is 0 Å². The van der Waals surface area contributed by atoms with Crippen molar-refractivity contribution in [2.24, 2.45) is 0 Å². The fourth-order valence-corrected chi connectivity index (χ4v) is 4.47. The first-order valence-corrected chi connectivity index (χ1v) is 8.76. The lowest BCUT2D eigenvalue weighted by molar-refractivity contribution is 0.0531. The van der Waals surface area contributed by atoms with Crippen LogP contribution < -0.4 is 4.72 Å². The van der Waals surface area contributed by atoms with Gasteiger partial charge in [0.1, 0.15) is 0 Å². The fourth-order valence-electron chi connectivity index (χ4n) is 2.36. The Kier molecular flexibility index (Phi) is 4.72. The maximum atomic E-state index is 12.3. The second-order valence-corrected chi connectivity index (χ2v) is 7.80. The Morgan fingerprint density at radius 1 is 1.33 bits per heavy atom. The van der Waals surface area contributed by atoms with Crippen molar-refractivity contribution >= 4 is 31.9 Å². The molecule has 1 aliphatic rings. The molecule has 0 aliphatic heterocycles. The normalized spacial score (nSPS) is 17.8. The van der Waals surface area contributed by atoms with Crippen LogP contribution >= 0.6 is 15.9 Å². The molecule has 0 saturated heterocycles. The van der Waals surface area contributed by atoms with E-state index in [1.165, 1.54) is 12.1 Å². The number of hydrogen-bond acceptors (Lipinski definition) is 4. The van der Waals surface area contributed by atoms with Crippen molar-refractivity contribution in [3.8, 4) is 0 Å². The van der Waals surface area contributed by atoms with E-state index < -0.39 is 21.6 Å². The Morgan fingerprint density at radius 2 is 1.95 bits per heavy atom. The van der Waals surface area contributed by atoms with Crippen LogP contribution in [-0.4, -0.2) is 36.7 Å². The third kappa shape index (κ3) is 3.82. The van der Waals surface area contributed by atoms with E-state index in [0.717, 1.165) is 18.9 Å². The molecule has 0 bridgehead atoms. The summed E-state index contributed by atoms with van der Waals surface area (Å²) >= 11 is 3.11. The second kappa shape index (κ2) is 6.04. The van der Waals surface area contributed by atoms with Crippen LogP contribution in [0, 0.1) is 0 Å². The topological polar surface area (TPSA) is 104 Å². The van der Waals surface area contributed by atoms with E-state index in [0.29, 0.717) is 12.8 Å². The quantitative estimate of drug-likeness (QED) is 0.724. The number of nitrogens with one attached hydrogen (secondary N) is 1. The molecule has 3 N–H and O–H groups in total. The molecule has 0 radical (unpaired) electrons. The molecule has 21 heavy (non-hydrogen) atoms. The van der Waals surface area contributed by atoms with Gasteiger partial charge in [0, 0.05) is 11.0 Å². The maximum Gasteiger partial charge on any atom is 0.335 e. The Morgan fingerprint density at radius 3 is 2.52 bits per heavy atom. The molecule has 1 aromatic carbocycles. The van der Waals surface area contributed by atoms with Gasteiger partial charge >= 0.3 is 5.97 Å². The second-order valence-electron chi connectivity index (χ2n) is 5.21. The van der Waals surface area contributed by atoms with Gasteiger partial charge in [-0.3, -0.25) is 0 Å². The van der Waals surface area contributed by atoms with Crippen molar-refractivity contribution in [1.82, 2.24) is 4.72 Å². The molecule has 1 aromatic rings. The molecule has 1 fully saturated rings. The summed E-state index contributed by atoms with van der Waals surface area (Å²) in [6, 6.07) is 3.78. The highest BCUT2D eigenvalue weighted by Gasteiger charge is 2.33. The average molecular weight is 378 g/mol. The average Bonchev–Trinajstić information content (AvgIpc) is 2.84. The zero-order chi connectivity index (χ0) is 15.7. The molecule has 6 nitrogen and oxygen atoms in total. The molecule has 0 amide bonds. The van der Waals surface area contributed by atoms with Gasteiger partial charge in [-0.05, 0) is 47.0 Å².